The van der Waals surface area contributed by atoms with Crippen molar-refractivity contribution in [3.63, 3.8) is 0 Å². The Kier molecular flexibility index (Phi) is 7.03. The lowest BCUT2D eigenvalue weighted by molar-refractivity contribution is 0.0946. The summed E-state index contributed by atoms with van der Waals surface area (Å²) in [6, 6.07) is 3.75. The smallest absolute Gasteiger partial charge is 0.271 e. The lowest BCUT2D eigenvalue weighted by Crippen LogP contribution is -2.28. The van der Waals surface area contributed by atoms with Gasteiger partial charge in [-0.25, -0.2) is 15.0 Å². The Hall–Kier alpha value is -2.41. The van der Waals surface area contributed by atoms with Crippen LogP contribution in [0.25, 0.3) is 0 Å². The molecule has 0 aliphatic heterocycles. The predicted molar refractivity (Wildman–Crippen MR) is 109 cm³/mol. The number of hydrogen-bond acceptors (Lipinski definition) is 6. The number of anilines is 1. The first-order chi connectivity index (χ1) is 13.6. The molecule has 1 N–H and O–H groups in total. The summed E-state index contributed by atoms with van der Waals surface area (Å²) in [4.78, 5) is 27.4. The SMILES string of the molecule is CCN(CC)c1ncc(Cl)c(C(=O)NCc2ccc(OC3CCCC3)nc2)n1. The van der Waals surface area contributed by atoms with E-state index in [1.807, 2.05) is 30.9 Å². The fourth-order valence-corrected chi connectivity index (χ4v) is 3.38. The van der Waals surface area contributed by atoms with E-state index in [0.29, 0.717) is 18.4 Å². The second-order valence-corrected chi connectivity index (χ2v) is 7.16. The van der Waals surface area contributed by atoms with E-state index in [9.17, 15) is 4.79 Å². The number of amides is 1. The van der Waals surface area contributed by atoms with Gasteiger partial charge in [0, 0.05) is 31.9 Å². The molecule has 2 aromatic heterocycles. The van der Waals surface area contributed by atoms with Crippen molar-refractivity contribution in [1.29, 1.82) is 0 Å². The molecule has 1 fully saturated rings. The molecule has 1 aliphatic rings. The zero-order valence-corrected chi connectivity index (χ0v) is 17.1. The van der Waals surface area contributed by atoms with Gasteiger partial charge in [-0.05, 0) is 45.1 Å². The van der Waals surface area contributed by atoms with Crippen molar-refractivity contribution in [1.82, 2.24) is 20.3 Å². The molecule has 2 aromatic rings. The molecule has 3 rings (SSSR count). The number of hydrogen-bond donors (Lipinski definition) is 1. The van der Waals surface area contributed by atoms with Crippen LogP contribution >= 0.6 is 11.6 Å². The molecule has 28 heavy (non-hydrogen) atoms. The molecule has 0 aromatic carbocycles. The molecule has 0 atom stereocenters. The van der Waals surface area contributed by atoms with E-state index in [1.54, 1.807) is 6.20 Å². The van der Waals surface area contributed by atoms with E-state index >= 15 is 0 Å². The average Bonchev–Trinajstić information content (AvgIpc) is 3.22. The highest BCUT2D eigenvalue weighted by Gasteiger charge is 2.18. The Bertz CT molecular complexity index is 790. The molecule has 150 valence electrons. The molecule has 8 heteroatoms. The number of carbonyl (C=O) groups is 1. The standard InChI is InChI=1S/C20H26ClN5O2/c1-3-26(4-2)20-24-13-16(21)18(25-20)19(27)23-12-14-9-10-17(22-11-14)28-15-7-5-6-8-15/h9-11,13,15H,3-8,12H2,1-2H3,(H,23,27). The number of halogens is 1. The third kappa shape index (κ3) is 5.10. The number of ether oxygens (including phenoxy) is 1. The van der Waals surface area contributed by atoms with Crippen LogP contribution in [0.4, 0.5) is 5.95 Å². The van der Waals surface area contributed by atoms with Crippen molar-refractivity contribution in [3.8, 4) is 5.88 Å². The van der Waals surface area contributed by atoms with E-state index < -0.39 is 0 Å². The van der Waals surface area contributed by atoms with Gasteiger partial charge in [-0.15, -0.1) is 0 Å². The number of rotatable bonds is 8. The second kappa shape index (κ2) is 9.68. The van der Waals surface area contributed by atoms with Gasteiger partial charge in [0.1, 0.15) is 6.10 Å². The lowest BCUT2D eigenvalue weighted by Gasteiger charge is -2.19. The first-order valence-electron chi connectivity index (χ1n) is 9.78. The summed E-state index contributed by atoms with van der Waals surface area (Å²) in [6.45, 7) is 5.85. The van der Waals surface area contributed by atoms with Crippen LogP contribution in [0.5, 0.6) is 5.88 Å². The summed E-state index contributed by atoms with van der Waals surface area (Å²) < 4.78 is 5.86. The normalized spacial score (nSPS) is 14.1. The predicted octanol–water partition coefficient (Wildman–Crippen LogP) is 3.62. The van der Waals surface area contributed by atoms with Crippen LogP contribution in [0.1, 0.15) is 55.6 Å². The first kappa shape index (κ1) is 20.3. The number of pyridine rings is 1. The van der Waals surface area contributed by atoms with E-state index in [4.69, 9.17) is 16.3 Å². The quantitative estimate of drug-likeness (QED) is 0.725. The van der Waals surface area contributed by atoms with Gasteiger partial charge < -0.3 is 15.0 Å². The Morgan fingerprint density at radius 2 is 1.96 bits per heavy atom. The fourth-order valence-electron chi connectivity index (χ4n) is 3.20. The maximum Gasteiger partial charge on any atom is 0.271 e. The molecular formula is C20H26ClN5O2. The van der Waals surface area contributed by atoms with Crippen LogP contribution in [0.15, 0.2) is 24.5 Å². The second-order valence-electron chi connectivity index (χ2n) is 6.75. The third-order valence-corrected chi connectivity index (χ3v) is 5.11. The summed E-state index contributed by atoms with van der Waals surface area (Å²) in [5.74, 6) is 0.784. The summed E-state index contributed by atoms with van der Waals surface area (Å²) in [7, 11) is 0. The number of aromatic nitrogens is 3. The highest BCUT2D eigenvalue weighted by Crippen LogP contribution is 2.23. The van der Waals surface area contributed by atoms with Gasteiger partial charge in [-0.1, -0.05) is 17.7 Å². The average molecular weight is 404 g/mol. The minimum Gasteiger partial charge on any atom is -0.474 e. The summed E-state index contributed by atoms with van der Waals surface area (Å²) in [6.07, 6.45) is 8.08. The maximum atomic E-state index is 12.5. The molecule has 0 unspecified atom stereocenters. The van der Waals surface area contributed by atoms with Crippen LogP contribution in [-0.2, 0) is 6.54 Å². The molecule has 1 saturated carbocycles. The molecule has 1 amide bonds. The van der Waals surface area contributed by atoms with Crippen LogP contribution in [-0.4, -0.2) is 40.1 Å². The molecule has 0 spiro atoms. The molecule has 0 saturated heterocycles. The lowest BCUT2D eigenvalue weighted by atomic mass is 10.2. The molecule has 1 aliphatic carbocycles. The van der Waals surface area contributed by atoms with Crippen LogP contribution in [0, 0.1) is 0 Å². The summed E-state index contributed by atoms with van der Waals surface area (Å²) in [5, 5.41) is 3.07. The van der Waals surface area contributed by atoms with E-state index in [2.05, 4.69) is 20.3 Å². The van der Waals surface area contributed by atoms with Gasteiger partial charge in [0.25, 0.3) is 5.91 Å². The minimum absolute atomic E-state index is 0.174. The van der Waals surface area contributed by atoms with Crippen molar-refractivity contribution >= 4 is 23.5 Å². The van der Waals surface area contributed by atoms with E-state index in [1.165, 1.54) is 19.0 Å². The topological polar surface area (TPSA) is 80.2 Å². The minimum atomic E-state index is -0.341. The number of nitrogens with one attached hydrogen (secondary N) is 1. The van der Waals surface area contributed by atoms with Gasteiger partial charge in [0.2, 0.25) is 11.8 Å². The molecule has 0 bridgehead atoms. The van der Waals surface area contributed by atoms with Crippen molar-refractivity contribution in [2.24, 2.45) is 0 Å². The molecule has 2 heterocycles. The summed E-state index contributed by atoms with van der Waals surface area (Å²) in [5.41, 5.74) is 1.05. The van der Waals surface area contributed by atoms with E-state index in [0.717, 1.165) is 31.5 Å². The van der Waals surface area contributed by atoms with Crippen molar-refractivity contribution in [3.05, 3.63) is 40.8 Å². The zero-order valence-electron chi connectivity index (χ0n) is 16.3. The largest absolute Gasteiger partial charge is 0.474 e. The fraction of sp³-hybridized carbons (Fsp3) is 0.500. The highest BCUT2D eigenvalue weighted by molar-refractivity contribution is 6.33. The van der Waals surface area contributed by atoms with Crippen molar-refractivity contribution < 1.29 is 9.53 Å². The monoisotopic (exact) mass is 403 g/mol. The van der Waals surface area contributed by atoms with E-state index in [-0.39, 0.29) is 22.7 Å². The van der Waals surface area contributed by atoms with Crippen LogP contribution in [0.2, 0.25) is 5.02 Å². The van der Waals surface area contributed by atoms with Gasteiger partial charge in [-0.2, -0.15) is 0 Å². The summed E-state index contributed by atoms with van der Waals surface area (Å²) >= 11 is 6.13. The van der Waals surface area contributed by atoms with Crippen LogP contribution < -0.4 is 15.0 Å². The first-order valence-corrected chi connectivity index (χ1v) is 10.2. The Labute approximate surface area is 170 Å². The maximum absolute atomic E-state index is 12.5. The van der Waals surface area contributed by atoms with Gasteiger partial charge >= 0.3 is 0 Å². The van der Waals surface area contributed by atoms with Crippen LogP contribution in [0.3, 0.4) is 0 Å². The van der Waals surface area contributed by atoms with Crippen molar-refractivity contribution in [2.75, 3.05) is 18.0 Å². The van der Waals surface area contributed by atoms with Gasteiger partial charge in [0.05, 0.1) is 11.2 Å². The van der Waals surface area contributed by atoms with Gasteiger partial charge in [0.15, 0.2) is 5.69 Å². The number of carbonyl (C=O) groups excluding carboxylic acids is 1. The third-order valence-electron chi connectivity index (χ3n) is 4.83. The Morgan fingerprint density at radius 3 is 2.61 bits per heavy atom. The highest BCUT2D eigenvalue weighted by atomic mass is 35.5. The zero-order chi connectivity index (χ0) is 19.9. The molecule has 0 radical (unpaired) electrons. The Balaban J connectivity index is 1.59. The Morgan fingerprint density at radius 1 is 1.21 bits per heavy atom. The molecular weight excluding hydrogens is 378 g/mol. The number of nitrogens with zero attached hydrogens (tertiary/aromatic N) is 4. The van der Waals surface area contributed by atoms with Gasteiger partial charge in [-0.3, -0.25) is 4.79 Å². The molecule has 7 nitrogen and oxygen atoms in total. The van der Waals surface area contributed by atoms with Crippen molar-refractivity contribution in [2.45, 2.75) is 52.2 Å².